The second-order valence-electron chi connectivity index (χ2n) is 10.2. The highest BCUT2D eigenvalue weighted by Crippen LogP contribution is 2.37. The van der Waals surface area contributed by atoms with Gasteiger partial charge in [0.05, 0.1) is 5.92 Å². The molecule has 1 aromatic heterocycles. The average Bonchev–Trinajstić information content (AvgIpc) is 3.25. The molecule has 1 heterocycles. The minimum Gasteiger partial charge on any atom is -0.480 e. The smallest absolute Gasteiger partial charge is 0.326 e. The Labute approximate surface area is 222 Å². The van der Waals surface area contributed by atoms with Crippen LogP contribution in [0.25, 0.3) is 10.9 Å². The zero-order valence-electron chi connectivity index (χ0n) is 21.8. The SMILES string of the molecule is CCC(C(=O)O)n1c2c(c3cc(F)ccc31)CC(N(C)C(=O)C(Cc1ccccc1)c1ccccc1)CC2. The van der Waals surface area contributed by atoms with Crippen molar-refractivity contribution < 1.29 is 19.1 Å². The molecule has 38 heavy (non-hydrogen) atoms. The van der Waals surface area contributed by atoms with E-state index < -0.39 is 12.0 Å². The van der Waals surface area contributed by atoms with E-state index in [0.29, 0.717) is 25.7 Å². The van der Waals surface area contributed by atoms with Gasteiger partial charge in [-0.2, -0.15) is 0 Å². The molecule has 6 heteroatoms. The van der Waals surface area contributed by atoms with Gasteiger partial charge in [-0.25, -0.2) is 9.18 Å². The molecule has 0 bridgehead atoms. The first kappa shape index (κ1) is 25.7. The quantitative estimate of drug-likeness (QED) is 0.308. The largest absolute Gasteiger partial charge is 0.480 e. The second-order valence-corrected chi connectivity index (χ2v) is 10.2. The Kier molecular flexibility index (Phi) is 7.32. The molecular weight excluding hydrogens is 479 g/mol. The molecule has 3 atom stereocenters. The van der Waals surface area contributed by atoms with Crippen molar-refractivity contribution in [3.05, 3.63) is 107 Å². The molecule has 1 aliphatic rings. The summed E-state index contributed by atoms with van der Waals surface area (Å²) in [6.07, 6.45) is 2.95. The lowest BCUT2D eigenvalue weighted by Crippen LogP contribution is -2.43. The van der Waals surface area contributed by atoms with Gasteiger partial charge in [-0.05, 0) is 67.0 Å². The Morgan fingerprint density at radius 1 is 1.05 bits per heavy atom. The van der Waals surface area contributed by atoms with Gasteiger partial charge >= 0.3 is 5.97 Å². The van der Waals surface area contributed by atoms with Gasteiger partial charge in [0.15, 0.2) is 0 Å². The van der Waals surface area contributed by atoms with Crippen molar-refractivity contribution in [2.45, 2.75) is 57.0 Å². The topological polar surface area (TPSA) is 62.5 Å². The maximum atomic E-state index is 14.4. The molecule has 5 rings (SSSR count). The molecule has 0 aliphatic heterocycles. The van der Waals surface area contributed by atoms with Crippen LogP contribution in [-0.4, -0.2) is 39.5 Å². The molecule has 196 valence electrons. The lowest BCUT2D eigenvalue weighted by Gasteiger charge is -2.35. The first-order valence-electron chi connectivity index (χ1n) is 13.3. The molecule has 1 aliphatic carbocycles. The van der Waals surface area contributed by atoms with E-state index in [4.69, 9.17) is 0 Å². The van der Waals surface area contributed by atoms with Crippen molar-refractivity contribution in [2.75, 3.05) is 7.05 Å². The van der Waals surface area contributed by atoms with Crippen LogP contribution in [0.1, 0.15) is 54.1 Å². The van der Waals surface area contributed by atoms with E-state index in [-0.39, 0.29) is 23.7 Å². The van der Waals surface area contributed by atoms with E-state index in [9.17, 15) is 19.1 Å². The molecule has 0 saturated heterocycles. The summed E-state index contributed by atoms with van der Waals surface area (Å²) in [5.41, 5.74) is 4.73. The Bertz CT molecular complexity index is 1450. The number of amides is 1. The number of fused-ring (bicyclic) bond motifs is 3. The molecule has 1 N–H and O–H groups in total. The summed E-state index contributed by atoms with van der Waals surface area (Å²) in [5, 5.41) is 10.7. The number of benzene rings is 3. The normalized spacial score (nSPS) is 16.6. The van der Waals surface area contributed by atoms with E-state index in [1.54, 1.807) is 6.07 Å². The number of nitrogens with zero attached hydrogens (tertiary/aromatic N) is 2. The predicted octanol–water partition coefficient (Wildman–Crippen LogP) is 6.16. The third kappa shape index (κ3) is 4.83. The standard InChI is InChI=1S/C32H33FN2O3/c1-3-28(32(37)38)35-29-16-14-23(33)19-26(29)27-20-24(15-17-30(27)35)34(2)31(36)25(22-12-8-5-9-13-22)18-21-10-6-4-7-11-21/h4-14,16,19,24-25,28H,3,15,17-18,20H2,1-2H3,(H,37,38). The van der Waals surface area contributed by atoms with E-state index in [2.05, 4.69) is 0 Å². The molecule has 0 fully saturated rings. The van der Waals surface area contributed by atoms with Crippen molar-refractivity contribution in [1.82, 2.24) is 9.47 Å². The number of aliphatic carboxylic acids is 1. The third-order valence-corrected chi connectivity index (χ3v) is 8.00. The lowest BCUT2D eigenvalue weighted by atomic mass is 9.87. The fourth-order valence-electron chi connectivity index (χ4n) is 6.01. The highest BCUT2D eigenvalue weighted by atomic mass is 19.1. The first-order valence-corrected chi connectivity index (χ1v) is 13.3. The fourth-order valence-corrected chi connectivity index (χ4v) is 6.01. The second kappa shape index (κ2) is 10.8. The zero-order chi connectivity index (χ0) is 26.8. The number of carbonyl (C=O) groups excluding carboxylic acids is 1. The number of halogens is 1. The van der Waals surface area contributed by atoms with Crippen molar-refractivity contribution in [3.63, 3.8) is 0 Å². The molecule has 3 unspecified atom stereocenters. The van der Waals surface area contributed by atoms with Gasteiger partial charge in [0.2, 0.25) is 5.91 Å². The minimum atomic E-state index is -0.891. The number of aromatic nitrogens is 1. The van der Waals surface area contributed by atoms with Crippen LogP contribution in [0.2, 0.25) is 0 Å². The molecule has 0 saturated carbocycles. The van der Waals surface area contributed by atoms with Crippen LogP contribution in [0, 0.1) is 5.82 Å². The number of hydrogen-bond donors (Lipinski definition) is 1. The van der Waals surface area contributed by atoms with Crippen molar-refractivity contribution >= 4 is 22.8 Å². The third-order valence-electron chi connectivity index (χ3n) is 8.00. The van der Waals surface area contributed by atoms with Crippen molar-refractivity contribution in [2.24, 2.45) is 0 Å². The van der Waals surface area contributed by atoms with Crippen LogP contribution < -0.4 is 0 Å². The summed E-state index contributed by atoms with van der Waals surface area (Å²) in [5.74, 6) is -1.50. The highest BCUT2D eigenvalue weighted by Gasteiger charge is 2.34. The van der Waals surface area contributed by atoms with Crippen LogP contribution in [0.15, 0.2) is 78.9 Å². The Morgan fingerprint density at radius 2 is 1.74 bits per heavy atom. The van der Waals surface area contributed by atoms with Crippen LogP contribution in [-0.2, 0) is 28.9 Å². The molecular formula is C32H33FN2O3. The van der Waals surface area contributed by atoms with Crippen LogP contribution in [0.3, 0.4) is 0 Å². The van der Waals surface area contributed by atoms with Gasteiger partial charge in [-0.15, -0.1) is 0 Å². The van der Waals surface area contributed by atoms with Crippen LogP contribution in [0.5, 0.6) is 0 Å². The first-order chi connectivity index (χ1) is 18.4. The van der Waals surface area contributed by atoms with Crippen molar-refractivity contribution in [3.8, 4) is 0 Å². The van der Waals surface area contributed by atoms with Crippen LogP contribution in [0.4, 0.5) is 4.39 Å². The van der Waals surface area contributed by atoms with E-state index in [0.717, 1.165) is 39.7 Å². The number of rotatable bonds is 8. The Morgan fingerprint density at radius 3 is 2.39 bits per heavy atom. The maximum absolute atomic E-state index is 14.4. The van der Waals surface area contributed by atoms with E-state index >= 15 is 0 Å². The Balaban J connectivity index is 1.48. The fraction of sp³-hybridized carbons (Fsp3) is 0.312. The Hall–Kier alpha value is -3.93. The number of carbonyl (C=O) groups is 2. The zero-order valence-corrected chi connectivity index (χ0v) is 21.8. The summed E-state index contributed by atoms with van der Waals surface area (Å²) in [6, 6.07) is 23.7. The van der Waals surface area contributed by atoms with E-state index in [1.165, 1.54) is 12.1 Å². The number of likely N-dealkylation sites (N-methyl/N-ethyl adjacent to an activating group) is 1. The van der Waals surface area contributed by atoms with Crippen molar-refractivity contribution in [1.29, 1.82) is 0 Å². The predicted molar refractivity (Wildman–Crippen MR) is 147 cm³/mol. The number of carboxylic acid groups (broad SMARTS) is 1. The monoisotopic (exact) mass is 512 g/mol. The molecule has 1 amide bonds. The van der Waals surface area contributed by atoms with Gasteiger partial charge in [-0.1, -0.05) is 67.6 Å². The van der Waals surface area contributed by atoms with Crippen LogP contribution >= 0.6 is 0 Å². The van der Waals surface area contributed by atoms with Gasteiger partial charge < -0.3 is 14.6 Å². The van der Waals surface area contributed by atoms with Gasteiger partial charge in [0.25, 0.3) is 0 Å². The highest BCUT2D eigenvalue weighted by molar-refractivity contribution is 5.89. The molecule has 3 aromatic carbocycles. The summed E-state index contributed by atoms with van der Waals surface area (Å²) in [6.45, 7) is 1.86. The summed E-state index contributed by atoms with van der Waals surface area (Å²) in [7, 11) is 1.87. The lowest BCUT2D eigenvalue weighted by molar-refractivity contribution is -0.141. The number of hydrogen-bond acceptors (Lipinski definition) is 2. The molecule has 0 radical (unpaired) electrons. The summed E-state index contributed by atoms with van der Waals surface area (Å²) >= 11 is 0. The van der Waals surface area contributed by atoms with Gasteiger partial charge in [0.1, 0.15) is 11.9 Å². The molecule has 5 nitrogen and oxygen atoms in total. The molecule has 0 spiro atoms. The van der Waals surface area contributed by atoms with E-state index in [1.807, 2.05) is 84.1 Å². The number of carboxylic acids is 1. The maximum Gasteiger partial charge on any atom is 0.326 e. The minimum absolute atomic E-state index is 0.0559. The average molecular weight is 513 g/mol. The van der Waals surface area contributed by atoms with Gasteiger partial charge in [0, 0.05) is 29.7 Å². The summed E-state index contributed by atoms with van der Waals surface area (Å²) < 4.78 is 16.2. The molecule has 4 aromatic rings. The summed E-state index contributed by atoms with van der Waals surface area (Å²) in [4.78, 5) is 28.0. The van der Waals surface area contributed by atoms with Gasteiger partial charge in [-0.3, -0.25) is 4.79 Å².